The van der Waals surface area contributed by atoms with E-state index in [0.29, 0.717) is 32.1 Å². The van der Waals surface area contributed by atoms with E-state index in [1.807, 2.05) is 37.8 Å². The van der Waals surface area contributed by atoms with Crippen molar-refractivity contribution in [2.24, 2.45) is 17.6 Å². The highest BCUT2D eigenvalue weighted by Crippen LogP contribution is 2.26. The van der Waals surface area contributed by atoms with E-state index in [-0.39, 0.29) is 17.8 Å². The Balaban J connectivity index is 1.57. The van der Waals surface area contributed by atoms with Gasteiger partial charge < -0.3 is 20.3 Å². The first-order valence-electron chi connectivity index (χ1n) is 10.4. The molecule has 160 valence electrons. The Bertz CT molecular complexity index is 732. The number of carbonyl (C=O) groups excluding carboxylic acids is 2. The van der Waals surface area contributed by atoms with E-state index < -0.39 is 17.6 Å². The summed E-state index contributed by atoms with van der Waals surface area (Å²) in [6, 6.07) is 6.18. The molecule has 2 heterocycles. The average molecular weight is 406 g/mol. The van der Waals surface area contributed by atoms with Crippen LogP contribution in [0, 0.1) is 17.7 Å². The number of rotatable bonds is 3. The van der Waals surface area contributed by atoms with E-state index in [0.717, 1.165) is 24.8 Å². The van der Waals surface area contributed by atoms with Crippen LogP contribution in [0.5, 0.6) is 0 Å². The molecular formula is C22H32FN3O3. The van der Waals surface area contributed by atoms with Gasteiger partial charge in [-0.25, -0.2) is 9.18 Å². The lowest BCUT2D eigenvalue weighted by molar-refractivity contribution is -0.137. The lowest BCUT2D eigenvalue weighted by Gasteiger charge is -2.35. The number of nitrogens with zero attached hydrogens (tertiary/aromatic N) is 2. The van der Waals surface area contributed by atoms with Gasteiger partial charge in [-0.3, -0.25) is 4.79 Å². The smallest absolute Gasteiger partial charge is 0.410 e. The normalized spacial score (nSPS) is 25.2. The van der Waals surface area contributed by atoms with Gasteiger partial charge in [0.05, 0.1) is 5.92 Å². The molecule has 3 rings (SSSR count). The van der Waals surface area contributed by atoms with Gasteiger partial charge >= 0.3 is 6.09 Å². The Kier molecular flexibility index (Phi) is 6.46. The van der Waals surface area contributed by atoms with Crippen LogP contribution in [0.1, 0.15) is 39.2 Å². The van der Waals surface area contributed by atoms with Gasteiger partial charge in [0.25, 0.3) is 0 Å². The van der Waals surface area contributed by atoms with Crippen molar-refractivity contribution < 1.29 is 18.7 Å². The van der Waals surface area contributed by atoms with E-state index in [1.54, 1.807) is 4.90 Å². The van der Waals surface area contributed by atoms with Crippen LogP contribution < -0.4 is 5.73 Å². The summed E-state index contributed by atoms with van der Waals surface area (Å²) in [4.78, 5) is 28.9. The minimum absolute atomic E-state index is 0.0207. The molecule has 7 heteroatoms. The molecule has 0 radical (unpaired) electrons. The standard InChI is InChI=1S/C22H32FN3O3/c1-22(2,3)29-21(28)26-13-18(19(24)14-26)20(27)25-10-4-5-16(12-25)11-15-6-8-17(23)9-7-15/h6-9,16,18-19H,4-5,10-14,24H2,1-3H3/t16?,18-,19-/m1/s1. The quantitative estimate of drug-likeness (QED) is 0.839. The number of nitrogens with two attached hydrogens (primary N) is 1. The molecule has 6 nitrogen and oxygen atoms in total. The van der Waals surface area contributed by atoms with Gasteiger partial charge in [0.15, 0.2) is 0 Å². The number of amides is 2. The molecule has 2 aliphatic rings. The first kappa shape index (κ1) is 21.6. The molecule has 0 aliphatic carbocycles. The highest BCUT2D eigenvalue weighted by molar-refractivity contribution is 5.81. The van der Waals surface area contributed by atoms with Crippen LogP contribution in [-0.4, -0.2) is 59.6 Å². The molecule has 3 atom stereocenters. The van der Waals surface area contributed by atoms with Gasteiger partial charge in [-0.1, -0.05) is 12.1 Å². The van der Waals surface area contributed by atoms with Crippen molar-refractivity contribution in [3.63, 3.8) is 0 Å². The third kappa shape index (κ3) is 5.69. The molecule has 0 bridgehead atoms. The molecule has 0 spiro atoms. The molecule has 2 N–H and O–H groups in total. The van der Waals surface area contributed by atoms with Gasteiger partial charge in [-0.2, -0.15) is 0 Å². The van der Waals surface area contributed by atoms with Crippen LogP contribution in [0.4, 0.5) is 9.18 Å². The Morgan fingerprint density at radius 2 is 1.83 bits per heavy atom. The SMILES string of the molecule is CC(C)(C)OC(=O)N1C[C@@H](N)[C@H](C(=O)N2CCCC(Cc3ccc(F)cc3)C2)C1. The molecule has 2 fully saturated rings. The minimum Gasteiger partial charge on any atom is -0.444 e. The van der Waals surface area contributed by atoms with Crippen molar-refractivity contribution in [1.29, 1.82) is 0 Å². The fraction of sp³-hybridized carbons (Fsp3) is 0.636. The largest absolute Gasteiger partial charge is 0.444 e. The maximum absolute atomic E-state index is 13.1. The summed E-state index contributed by atoms with van der Waals surface area (Å²) in [5.41, 5.74) is 6.72. The zero-order chi connectivity index (χ0) is 21.2. The van der Waals surface area contributed by atoms with E-state index in [4.69, 9.17) is 10.5 Å². The summed E-state index contributed by atoms with van der Waals surface area (Å²) in [7, 11) is 0. The molecule has 2 amide bonds. The van der Waals surface area contributed by atoms with E-state index in [2.05, 4.69) is 0 Å². The zero-order valence-electron chi connectivity index (χ0n) is 17.6. The fourth-order valence-electron chi connectivity index (χ4n) is 4.19. The lowest BCUT2D eigenvalue weighted by Crippen LogP contribution is -2.47. The van der Waals surface area contributed by atoms with Crippen LogP contribution in [0.25, 0.3) is 0 Å². The van der Waals surface area contributed by atoms with Crippen LogP contribution in [-0.2, 0) is 16.0 Å². The van der Waals surface area contributed by atoms with Crippen molar-refractivity contribution in [3.05, 3.63) is 35.6 Å². The van der Waals surface area contributed by atoms with Gasteiger partial charge in [0.2, 0.25) is 5.91 Å². The van der Waals surface area contributed by atoms with Gasteiger partial charge in [-0.15, -0.1) is 0 Å². The zero-order valence-corrected chi connectivity index (χ0v) is 17.6. The number of hydrogen-bond donors (Lipinski definition) is 1. The van der Waals surface area contributed by atoms with Crippen LogP contribution in [0.3, 0.4) is 0 Å². The Morgan fingerprint density at radius 1 is 1.14 bits per heavy atom. The molecule has 29 heavy (non-hydrogen) atoms. The molecule has 1 aromatic rings. The Labute approximate surface area is 172 Å². The molecule has 0 aromatic heterocycles. The second-order valence-electron chi connectivity index (χ2n) is 9.28. The lowest BCUT2D eigenvalue weighted by atomic mass is 9.90. The maximum Gasteiger partial charge on any atom is 0.410 e. The average Bonchev–Trinajstić information content (AvgIpc) is 3.04. The molecular weight excluding hydrogens is 373 g/mol. The van der Waals surface area contributed by atoms with Crippen molar-refractivity contribution in [1.82, 2.24) is 9.80 Å². The van der Waals surface area contributed by atoms with Crippen molar-refractivity contribution in [2.45, 2.75) is 51.7 Å². The molecule has 0 saturated carbocycles. The highest BCUT2D eigenvalue weighted by atomic mass is 19.1. The monoisotopic (exact) mass is 405 g/mol. The van der Waals surface area contributed by atoms with Gasteiger partial charge in [0.1, 0.15) is 11.4 Å². The number of hydrogen-bond acceptors (Lipinski definition) is 4. The van der Waals surface area contributed by atoms with E-state index in [1.165, 1.54) is 12.1 Å². The first-order chi connectivity index (χ1) is 13.6. The second-order valence-corrected chi connectivity index (χ2v) is 9.28. The van der Waals surface area contributed by atoms with Crippen molar-refractivity contribution in [2.75, 3.05) is 26.2 Å². The maximum atomic E-state index is 13.1. The summed E-state index contributed by atoms with van der Waals surface area (Å²) in [6.07, 6.45) is 2.39. The molecule has 2 aliphatic heterocycles. The summed E-state index contributed by atoms with van der Waals surface area (Å²) in [6.45, 7) is 7.47. The minimum atomic E-state index is -0.580. The Morgan fingerprint density at radius 3 is 2.48 bits per heavy atom. The van der Waals surface area contributed by atoms with Crippen LogP contribution in [0.2, 0.25) is 0 Å². The second kappa shape index (κ2) is 8.69. The number of carbonyl (C=O) groups is 2. The van der Waals surface area contributed by atoms with Crippen molar-refractivity contribution >= 4 is 12.0 Å². The molecule has 2 saturated heterocycles. The third-order valence-electron chi connectivity index (χ3n) is 5.60. The first-order valence-corrected chi connectivity index (χ1v) is 10.4. The topological polar surface area (TPSA) is 75.9 Å². The number of halogens is 1. The highest BCUT2D eigenvalue weighted by Gasteiger charge is 2.41. The van der Waals surface area contributed by atoms with Crippen LogP contribution >= 0.6 is 0 Å². The summed E-state index contributed by atoms with van der Waals surface area (Å²) < 4.78 is 18.5. The number of piperidine rings is 1. The predicted octanol–water partition coefficient (Wildman–Crippen LogP) is 2.80. The van der Waals surface area contributed by atoms with E-state index >= 15 is 0 Å². The predicted molar refractivity (Wildman–Crippen MR) is 109 cm³/mol. The van der Waals surface area contributed by atoms with Gasteiger partial charge in [-0.05, 0) is 63.6 Å². The Hall–Kier alpha value is -2.15. The van der Waals surface area contributed by atoms with Crippen LogP contribution in [0.15, 0.2) is 24.3 Å². The summed E-state index contributed by atoms with van der Waals surface area (Å²) in [5, 5.41) is 0. The third-order valence-corrected chi connectivity index (χ3v) is 5.60. The molecule has 1 unspecified atom stereocenters. The summed E-state index contributed by atoms with van der Waals surface area (Å²) in [5.74, 6) is -0.267. The fourth-order valence-corrected chi connectivity index (χ4v) is 4.19. The summed E-state index contributed by atoms with van der Waals surface area (Å²) >= 11 is 0. The van der Waals surface area contributed by atoms with Gasteiger partial charge in [0, 0.05) is 32.2 Å². The number of likely N-dealkylation sites (tertiary alicyclic amines) is 2. The number of benzene rings is 1. The molecule has 1 aromatic carbocycles. The van der Waals surface area contributed by atoms with E-state index in [9.17, 15) is 14.0 Å². The van der Waals surface area contributed by atoms with Crippen molar-refractivity contribution in [3.8, 4) is 0 Å². The number of ether oxygens (including phenoxy) is 1.